The van der Waals surface area contributed by atoms with Gasteiger partial charge in [0.15, 0.2) is 97.2 Å². The Kier molecular flexibility index (Phi) is 53.3. The van der Waals surface area contributed by atoms with Gasteiger partial charge in [-0.25, -0.2) is 64.0 Å². The van der Waals surface area contributed by atoms with Crippen molar-refractivity contribution in [1.82, 2.24) is 16.0 Å². The number of nitrogens with two attached hydrogens (primary N) is 2. The predicted molar refractivity (Wildman–Crippen MR) is 562 cm³/mol. The minimum atomic E-state index is -3.36. The van der Waals surface area contributed by atoms with Crippen molar-refractivity contribution in [2.45, 2.75) is 309 Å². The fourth-order valence-electron chi connectivity index (χ4n) is 15.4. The molecule has 824 valence electrons. The van der Waals surface area contributed by atoms with E-state index in [4.69, 9.17) is 50.9 Å². The third-order valence-corrected chi connectivity index (χ3v) is 34.8. The van der Waals surface area contributed by atoms with Gasteiger partial charge in [0.1, 0.15) is 17.9 Å². The van der Waals surface area contributed by atoms with Gasteiger partial charge >= 0.3 is 0 Å². The number of carbonyl (C=O) groups is 7. The summed E-state index contributed by atoms with van der Waals surface area (Å²) in [6.07, 6.45) is 22.1. The molecule has 28 nitrogen and oxygen atoms in total. The van der Waals surface area contributed by atoms with E-state index in [1.807, 2.05) is 69.2 Å². The third kappa shape index (κ3) is 52.8. The second kappa shape index (κ2) is 60.5. The molecule has 0 aromatic heterocycles. The number of ether oxygens (including phenoxy) is 5. The first kappa shape index (κ1) is 129. The number of hydrogen-bond acceptors (Lipinski definition) is 26. The molecule has 40 heteroatoms. The van der Waals surface area contributed by atoms with Crippen LogP contribution < -0.4 is 51.1 Å². The predicted octanol–water partition coefficient (Wildman–Crippen LogP) is 17.4. The van der Waals surface area contributed by atoms with Crippen LogP contribution in [0.4, 0.5) is 22.0 Å². The Morgan fingerprint density at radius 2 is 0.678 bits per heavy atom. The van der Waals surface area contributed by atoms with E-state index in [0.29, 0.717) is 184 Å². The molecule has 146 heavy (non-hydrogen) atoms. The van der Waals surface area contributed by atoms with Crippen molar-refractivity contribution in [1.29, 1.82) is 0 Å². The van der Waals surface area contributed by atoms with Gasteiger partial charge in [0.05, 0.1) is 96.9 Å². The lowest BCUT2D eigenvalue weighted by Gasteiger charge is -2.26. The highest BCUT2D eigenvalue weighted by Crippen LogP contribution is 2.40. The molecule has 5 aromatic carbocycles. The van der Waals surface area contributed by atoms with Crippen LogP contribution in [0, 0.1) is 58.7 Å². The van der Waals surface area contributed by atoms with Gasteiger partial charge in [-0.05, 0) is 294 Å². The highest BCUT2D eigenvalue weighted by Gasteiger charge is 2.37. The number of hydrogen-bond donors (Lipinski definition) is 6. The van der Waals surface area contributed by atoms with E-state index < -0.39 is 105 Å². The third-order valence-electron chi connectivity index (χ3n) is 25.3. The summed E-state index contributed by atoms with van der Waals surface area (Å²) in [5.41, 5.74) is 12.1. The Labute approximate surface area is 873 Å². The number of Topliss-reactive ketones (excluding diaryl/α,β-unsaturated/α-hetero) is 2. The Morgan fingerprint density at radius 1 is 0.404 bits per heavy atom. The molecule has 12 rings (SSSR count). The van der Waals surface area contributed by atoms with Crippen molar-refractivity contribution in [2.75, 3.05) is 98.0 Å². The van der Waals surface area contributed by atoms with Gasteiger partial charge in [0, 0.05) is 76.6 Å². The van der Waals surface area contributed by atoms with Crippen molar-refractivity contribution >= 4 is 113 Å². The molecule has 7 aliphatic rings. The number of aliphatic hydroxyl groups is 1. The summed E-state index contributed by atoms with van der Waals surface area (Å²) < 4.78 is 218. The normalized spacial score (nSPS) is 16.7. The van der Waals surface area contributed by atoms with Gasteiger partial charge in [-0.1, -0.05) is 98.6 Å². The molecule has 2 unspecified atom stereocenters. The number of nitrogens with one attached hydrogen (secondary N) is 3. The van der Waals surface area contributed by atoms with E-state index in [1.165, 1.54) is 57.0 Å². The van der Waals surface area contributed by atoms with E-state index in [-0.39, 0.29) is 141 Å². The molecular weight excluding hydrogens is 2040 g/mol. The number of amides is 4. The van der Waals surface area contributed by atoms with E-state index in [9.17, 15) is 97.6 Å². The first-order chi connectivity index (χ1) is 67.7. The van der Waals surface area contributed by atoms with E-state index in [2.05, 4.69) is 16.0 Å². The minimum Gasteiger partial charge on any atom is -0.490 e. The maximum absolute atomic E-state index is 14.1. The summed E-state index contributed by atoms with van der Waals surface area (Å²) in [6, 6.07) is 22.4. The Bertz CT molecular complexity index is 5660. The van der Waals surface area contributed by atoms with Crippen molar-refractivity contribution in [2.24, 2.45) is 41.1 Å². The smallest absolute Gasteiger partial charge is 0.243 e. The minimum absolute atomic E-state index is 0. The number of aliphatic hydroxyl groups excluding tert-OH is 1. The number of sulfone groups is 4. The molecule has 7 fully saturated rings. The van der Waals surface area contributed by atoms with Crippen LogP contribution in [-0.4, -0.2) is 199 Å². The van der Waals surface area contributed by atoms with E-state index in [0.717, 1.165) is 98.3 Å². The maximum Gasteiger partial charge on any atom is 0.243 e. The number of unbranched alkanes of at least 4 members (excludes halogenated alkanes) is 8. The zero-order valence-electron chi connectivity index (χ0n) is 86.9. The quantitative estimate of drug-likeness (QED) is 0.00692. The molecule has 5 aromatic rings. The number of imide groups is 2. The van der Waals surface area contributed by atoms with E-state index in [1.54, 1.807) is 60.7 Å². The number of carbonyl (C=O) groups excluding carboxylic acids is 7. The fourth-order valence-corrected chi connectivity index (χ4v) is 24.5. The summed E-state index contributed by atoms with van der Waals surface area (Å²) in [6.45, 7) is 24.9. The number of aldehydes is 1. The number of piperidine rings is 2. The Balaban J connectivity index is 0.000000309. The zero-order valence-corrected chi connectivity index (χ0v) is 92.6. The molecule has 2 aliphatic heterocycles. The molecule has 2 heterocycles. The van der Waals surface area contributed by atoms with Gasteiger partial charge < -0.3 is 60.0 Å². The highest BCUT2D eigenvalue weighted by atomic mass is 35.7. The van der Waals surface area contributed by atoms with E-state index >= 15 is 0 Å². The standard InChI is InChI=1S/C24H35FN2O5S.C20H29FO4S.C19H29FO4S.C19H27FO4S.C13H18FNO.C6H11ClO3S.C5H8N2O2.ClH/c1-24(2,18-8-9-19(25)21(14-18)32-15-17-6-7-17)16-33(30,31)13-5-3-4-12-26-20-10-11-22(28)27-23(20)29;1-15(22)6-4-5-11-26(23,24)14-20(2,3)17-9-10-18(21)19(12-17)25-13-16-7-8-16;2*1-19(2,14-25(22,23)11-5-3-4-10-21)16-8-9-17(20)18(12-16)24-13-15-6-7-15;1-13(2,15)10-5-6-11(14)12(7-10)16-8-9-3-4-9;1-6(8)4-2-3-5-11(7,9)10;6-3-1-2-4(8)7-5(3)9;/h8-9,14,17,20,26H,3-7,10-13,15-16H2,1-2H3,(H,27,28,29);9-10,12,16H,4-8,11,13-14H2,1-3H3;8-9,12,15,21H,3-7,10-11,13-14H2,1-2H3;8-10,12,15H,3-7,11,13-14H2,1-2H3;5-7,9H,3-4,8,15H2,1-2H3;2-5H2,1H3;3H,1-2,6H2,(H,7,8,9);1H. The number of rotatable bonds is 55. The van der Waals surface area contributed by atoms with Crippen LogP contribution in [0.3, 0.4) is 0 Å². The van der Waals surface area contributed by atoms with Gasteiger partial charge in [-0.15, -0.1) is 12.4 Å². The highest BCUT2D eigenvalue weighted by molar-refractivity contribution is 8.13. The first-order valence-corrected chi connectivity index (χ1v) is 60.3. The largest absolute Gasteiger partial charge is 0.490 e. The zero-order chi connectivity index (χ0) is 108. The molecule has 0 spiro atoms. The van der Waals surface area contributed by atoms with Crippen molar-refractivity contribution in [3.63, 3.8) is 0 Å². The molecule has 8 N–H and O–H groups in total. The van der Waals surface area contributed by atoms with Crippen molar-refractivity contribution < 1.29 is 126 Å². The lowest BCUT2D eigenvalue weighted by atomic mass is 9.86. The number of benzene rings is 5. The maximum atomic E-state index is 14.1. The number of ketones is 2. The monoisotopic (exact) mass is 2190 g/mol. The van der Waals surface area contributed by atoms with Crippen LogP contribution in [0.15, 0.2) is 91.0 Å². The fraction of sp³-hybridized carbons (Fsp3) is 0.651. The molecule has 2 atom stereocenters. The van der Waals surface area contributed by atoms with Crippen LogP contribution in [0.1, 0.15) is 297 Å². The summed E-state index contributed by atoms with van der Waals surface area (Å²) in [4.78, 5) is 75.5. The SMILES string of the molecule is CC(=O)CCCCS(=O)(=O)CC(C)(C)c1ccc(F)c(OCC2CC2)c1.CC(=O)CCCCS(=O)(=O)Cl.CC(C)(CS(=O)(=O)CCCCC=O)c1ccc(F)c(OCC2CC2)c1.CC(C)(CS(=O)(=O)CCCCCNC1CCC(=O)NC1=O)c1ccc(F)c(OCC2CC2)c1.CC(C)(CS(=O)(=O)CCCCCO)c1ccc(F)c(OCC2CC2)c1.CC(C)(N)c1ccc(F)c(OCC2CC2)c1.Cl.NC1CCC(=O)NC1=O. The summed E-state index contributed by atoms with van der Waals surface area (Å²) in [5, 5.41) is 16.3. The van der Waals surface area contributed by atoms with Crippen LogP contribution >= 0.6 is 23.1 Å². The van der Waals surface area contributed by atoms with Gasteiger partial charge in [-0.3, -0.25) is 29.8 Å². The molecule has 0 radical (unpaired) electrons. The number of halogens is 7. The molecule has 4 amide bonds. The molecule has 5 saturated carbocycles. The topological polar surface area (TPSA) is 445 Å². The molecular formula is C106H158Cl2F5N5O23S5. The van der Waals surface area contributed by atoms with Crippen molar-refractivity contribution in [3.8, 4) is 28.7 Å². The van der Waals surface area contributed by atoms with Gasteiger partial charge in [-0.2, -0.15) is 0 Å². The lowest BCUT2D eigenvalue weighted by molar-refractivity contribution is -0.136. The Morgan fingerprint density at radius 3 is 0.945 bits per heavy atom. The molecule has 2 saturated heterocycles. The summed E-state index contributed by atoms with van der Waals surface area (Å²) in [5.74, 6) is 1.07. The average molecular weight is 2200 g/mol. The second-order valence-corrected chi connectivity index (χ2v) is 54.3. The lowest BCUT2D eigenvalue weighted by Crippen LogP contribution is -2.50. The van der Waals surface area contributed by atoms with Crippen molar-refractivity contribution in [3.05, 3.63) is 148 Å². The molecule has 5 aliphatic carbocycles. The molecule has 0 bridgehead atoms. The summed E-state index contributed by atoms with van der Waals surface area (Å²) in [7, 11) is -11.5. The summed E-state index contributed by atoms with van der Waals surface area (Å²) >= 11 is 0. The average Bonchev–Trinajstić information content (AvgIpc) is 1.74. The van der Waals surface area contributed by atoms with Crippen LogP contribution in [-0.2, 0) is 109 Å². The van der Waals surface area contributed by atoms with Crippen LogP contribution in [0.5, 0.6) is 28.7 Å². The van der Waals surface area contributed by atoms with Crippen LogP contribution in [0.2, 0.25) is 0 Å². The Hall–Kier alpha value is -7.79. The van der Waals surface area contributed by atoms with Gasteiger partial charge in [0.2, 0.25) is 32.7 Å². The second-order valence-electron chi connectivity index (χ2n) is 42.7. The van der Waals surface area contributed by atoms with Crippen LogP contribution in [0.25, 0.3) is 0 Å². The first-order valence-electron chi connectivity index (χ1n) is 50.6. The van der Waals surface area contributed by atoms with Gasteiger partial charge in [0.25, 0.3) is 0 Å².